The predicted octanol–water partition coefficient (Wildman–Crippen LogP) is 8.45. The molecule has 214 valence electrons. The van der Waals surface area contributed by atoms with Crippen molar-refractivity contribution in [1.29, 1.82) is 0 Å². The molecule has 0 bridgehead atoms. The summed E-state index contributed by atoms with van der Waals surface area (Å²) < 4.78 is 56.4. The van der Waals surface area contributed by atoms with Crippen LogP contribution in [0.3, 0.4) is 0 Å². The standard InChI is InChI=1S/C31H20Cl2F4N2O3/c32-24-7-18(8-25(33)14-24)16-39-6-5-20-9-21(22-10-23(31(35,36)37)13-26(34)11-22)12-27(28(20)39)29(40)38-15-17-1-3-19(4-2-17)30(41)42/h1-14H,15-16H2,(H,38,40)(H,41,42). The Bertz CT molecular complexity index is 1810. The third-order valence-electron chi connectivity index (χ3n) is 6.59. The van der Waals surface area contributed by atoms with Crippen LogP contribution >= 0.6 is 23.2 Å². The van der Waals surface area contributed by atoms with Gasteiger partial charge in [-0.25, -0.2) is 9.18 Å². The zero-order valence-corrected chi connectivity index (χ0v) is 23.0. The molecular weight excluding hydrogens is 595 g/mol. The fourth-order valence-electron chi connectivity index (χ4n) is 4.68. The molecule has 5 nitrogen and oxygen atoms in total. The molecule has 0 unspecified atom stereocenters. The first-order valence-electron chi connectivity index (χ1n) is 12.4. The number of alkyl halides is 3. The molecule has 0 saturated carbocycles. The van der Waals surface area contributed by atoms with Crippen molar-refractivity contribution in [3.8, 4) is 11.1 Å². The summed E-state index contributed by atoms with van der Waals surface area (Å²) in [6, 6.07) is 17.9. The first kappa shape index (κ1) is 29.2. The van der Waals surface area contributed by atoms with Crippen LogP contribution in [-0.2, 0) is 19.3 Å². The van der Waals surface area contributed by atoms with Gasteiger partial charge >= 0.3 is 12.1 Å². The van der Waals surface area contributed by atoms with Crippen LogP contribution < -0.4 is 5.32 Å². The van der Waals surface area contributed by atoms with Crippen LogP contribution in [0.5, 0.6) is 0 Å². The van der Waals surface area contributed by atoms with E-state index in [1.54, 1.807) is 53.2 Å². The maximum Gasteiger partial charge on any atom is 0.416 e. The molecule has 4 aromatic carbocycles. The van der Waals surface area contributed by atoms with Crippen molar-refractivity contribution in [3.63, 3.8) is 0 Å². The number of nitrogens with one attached hydrogen (secondary N) is 1. The molecule has 0 radical (unpaired) electrons. The van der Waals surface area contributed by atoms with E-state index in [0.29, 0.717) is 32.6 Å². The monoisotopic (exact) mass is 614 g/mol. The molecule has 1 aromatic heterocycles. The topological polar surface area (TPSA) is 71.3 Å². The highest BCUT2D eigenvalue weighted by Crippen LogP contribution is 2.35. The lowest BCUT2D eigenvalue weighted by Crippen LogP contribution is -2.23. The van der Waals surface area contributed by atoms with Crippen molar-refractivity contribution in [2.24, 2.45) is 0 Å². The molecule has 0 atom stereocenters. The summed E-state index contributed by atoms with van der Waals surface area (Å²) in [6.45, 7) is 0.325. The van der Waals surface area contributed by atoms with Crippen LogP contribution in [0.4, 0.5) is 17.6 Å². The molecule has 11 heteroatoms. The van der Waals surface area contributed by atoms with Crippen molar-refractivity contribution < 1.29 is 32.3 Å². The number of halogens is 6. The summed E-state index contributed by atoms with van der Waals surface area (Å²) in [6.07, 6.45) is -3.05. The van der Waals surface area contributed by atoms with E-state index in [0.717, 1.165) is 17.7 Å². The Balaban J connectivity index is 1.58. The highest BCUT2D eigenvalue weighted by molar-refractivity contribution is 6.34. The number of fused-ring (bicyclic) bond motifs is 1. The number of aromatic carboxylic acids is 1. The number of rotatable bonds is 7. The minimum Gasteiger partial charge on any atom is -0.478 e. The van der Waals surface area contributed by atoms with Crippen molar-refractivity contribution in [2.75, 3.05) is 0 Å². The predicted molar refractivity (Wildman–Crippen MR) is 152 cm³/mol. The van der Waals surface area contributed by atoms with E-state index in [1.165, 1.54) is 18.2 Å². The number of aromatic nitrogens is 1. The van der Waals surface area contributed by atoms with E-state index in [-0.39, 0.29) is 35.3 Å². The largest absolute Gasteiger partial charge is 0.478 e. The first-order valence-corrected chi connectivity index (χ1v) is 13.2. The lowest BCUT2D eigenvalue weighted by atomic mass is 9.98. The first-order chi connectivity index (χ1) is 19.9. The molecule has 0 aliphatic carbocycles. The van der Waals surface area contributed by atoms with Crippen LogP contribution in [0.1, 0.15) is 37.4 Å². The number of carboxylic acids is 1. The summed E-state index contributed by atoms with van der Waals surface area (Å²) in [5.74, 6) is -2.69. The summed E-state index contributed by atoms with van der Waals surface area (Å²) in [5, 5.41) is 13.3. The SMILES string of the molecule is O=C(O)c1ccc(CNC(=O)c2cc(-c3cc(F)cc(C(F)(F)F)c3)cc3ccn(Cc4cc(Cl)cc(Cl)c4)c23)cc1. The maximum atomic E-state index is 14.3. The van der Waals surface area contributed by atoms with E-state index >= 15 is 0 Å². The Morgan fingerprint density at radius 3 is 2.14 bits per heavy atom. The van der Waals surface area contributed by atoms with Gasteiger partial charge in [-0.05, 0) is 89.0 Å². The number of carbonyl (C=O) groups is 2. The van der Waals surface area contributed by atoms with E-state index in [1.807, 2.05) is 0 Å². The van der Waals surface area contributed by atoms with Crippen molar-refractivity contribution in [3.05, 3.63) is 129 Å². The van der Waals surface area contributed by atoms with Gasteiger partial charge in [0.25, 0.3) is 5.91 Å². The molecule has 0 saturated heterocycles. The molecule has 5 rings (SSSR count). The van der Waals surface area contributed by atoms with E-state index < -0.39 is 29.4 Å². The Morgan fingerprint density at radius 1 is 0.833 bits per heavy atom. The van der Waals surface area contributed by atoms with Gasteiger partial charge in [0.15, 0.2) is 0 Å². The lowest BCUT2D eigenvalue weighted by Gasteiger charge is -2.14. The number of nitrogens with zero attached hydrogens (tertiary/aromatic N) is 1. The van der Waals surface area contributed by atoms with Gasteiger partial charge in [0.2, 0.25) is 0 Å². The zero-order chi connectivity index (χ0) is 30.2. The third-order valence-corrected chi connectivity index (χ3v) is 7.03. The minimum atomic E-state index is -4.76. The van der Waals surface area contributed by atoms with Crippen LogP contribution in [0.2, 0.25) is 10.0 Å². The molecule has 1 heterocycles. The summed E-state index contributed by atoms with van der Waals surface area (Å²) in [5.41, 5.74) is 1.12. The van der Waals surface area contributed by atoms with Crippen LogP contribution in [-0.4, -0.2) is 21.6 Å². The van der Waals surface area contributed by atoms with Gasteiger partial charge in [0, 0.05) is 34.7 Å². The highest BCUT2D eigenvalue weighted by Gasteiger charge is 2.31. The van der Waals surface area contributed by atoms with Crippen molar-refractivity contribution >= 4 is 46.0 Å². The Hall–Kier alpha value is -4.34. The quantitative estimate of drug-likeness (QED) is 0.181. The van der Waals surface area contributed by atoms with Gasteiger partial charge in [-0.3, -0.25) is 4.79 Å². The van der Waals surface area contributed by atoms with Gasteiger partial charge in [-0.1, -0.05) is 35.3 Å². The van der Waals surface area contributed by atoms with Crippen LogP contribution in [0, 0.1) is 5.82 Å². The Morgan fingerprint density at radius 2 is 1.50 bits per heavy atom. The molecule has 2 N–H and O–H groups in total. The lowest BCUT2D eigenvalue weighted by molar-refractivity contribution is -0.137. The maximum absolute atomic E-state index is 14.3. The number of hydrogen-bond acceptors (Lipinski definition) is 2. The van der Waals surface area contributed by atoms with Gasteiger partial charge in [-0.2, -0.15) is 13.2 Å². The molecule has 0 fully saturated rings. The molecule has 5 aromatic rings. The van der Waals surface area contributed by atoms with Crippen LogP contribution in [0.15, 0.2) is 85.1 Å². The summed E-state index contributed by atoms with van der Waals surface area (Å²) >= 11 is 12.3. The number of hydrogen-bond donors (Lipinski definition) is 2. The van der Waals surface area contributed by atoms with Crippen molar-refractivity contribution in [1.82, 2.24) is 9.88 Å². The van der Waals surface area contributed by atoms with Gasteiger partial charge in [0.1, 0.15) is 5.82 Å². The average molecular weight is 615 g/mol. The third kappa shape index (κ3) is 6.42. The molecule has 1 amide bonds. The second-order valence-corrected chi connectivity index (χ2v) is 10.5. The molecule has 0 aliphatic rings. The second kappa shape index (κ2) is 11.5. The smallest absolute Gasteiger partial charge is 0.416 e. The number of amides is 1. The van der Waals surface area contributed by atoms with Crippen molar-refractivity contribution in [2.45, 2.75) is 19.3 Å². The average Bonchev–Trinajstić information content (AvgIpc) is 3.32. The highest BCUT2D eigenvalue weighted by atomic mass is 35.5. The summed E-state index contributed by atoms with van der Waals surface area (Å²) in [4.78, 5) is 24.7. The van der Waals surface area contributed by atoms with Gasteiger partial charge < -0.3 is 15.0 Å². The molecule has 42 heavy (non-hydrogen) atoms. The molecule has 0 aliphatic heterocycles. The number of benzene rings is 4. The zero-order valence-electron chi connectivity index (χ0n) is 21.5. The number of carboxylic acid groups (broad SMARTS) is 1. The van der Waals surface area contributed by atoms with Crippen LogP contribution in [0.25, 0.3) is 22.0 Å². The second-order valence-electron chi connectivity index (χ2n) is 9.59. The Labute approximate surface area is 246 Å². The molecule has 0 spiro atoms. The van der Waals surface area contributed by atoms with E-state index in [9.17, 15) is 27.2 Å². The van der Waals surface area contributed by atoms with E-state index in [4.69, 9.17) is 28.3 Å². The van der Waals surface area contributed by atoms with Gasteiger partial charge in [-0.15, -0.1) is 0 Å². The fourth-order valence-corrected chi connectivity index (χ4v) is 5.25. The molecular formula is C31H20Cl2F4N2O3. The fraction of sp³-hybridized carbons (Fsp3) is 0.0968. The van der Waals surface area contributed by atoms with Gasteiger partial charge in [0.05, 0.1) is 22.2 Å². The summed E-state index contributed by atoms with van der Waals surface area (Å²) in [7, 11) is 0. The van der Waals surface area contributed by atoms with E-state index in [2.05, 4.69) is 5.32 Å². The normalized spacial score (nSPS) is 11.6. The number of carbonyl (C=O) groups excluding carboxylic acids is 1. The Kier molecular flexibility index (Phi) is 7.99. The minimum absolute atomic E-state index is 0.0445.